The zero-order valence-electron chi connectivity index (χ0n) is 9.29. The van der Waals surface area contributed by atoms with E-state index in [2.05, 4.69) is 6.92 Å². The number of hydrogen-bond acceptors (Lipinski definition) is 2. The van der Waals surface area contributed by atoms with Crippen molar-refractivity contribution >= 4 is 0 Å². The highest BCUT2D eigenvalue weighted by Gasteiger charge is 2.09. The zero-order chi connectivity index (χ0) is 11.3. The topological polar surface area (TPSA) is 35.2 Å². The monoisotopic (exact) mass is 211 g/mol. The van der Waals surface area contributed by atoms with Gasteiger partial charge < -0.3 is 10.5 Å². The van der Waals surface area contributed by atoms with Crippen molar-refractivity contribution in [1.82, 2.24) is 0 Å². The molecule has 0 heterocycles. The average molecular weight is 211 g/mol. The molecule has 1 aromatic rings. The summed E-state index contributed by atoms with van der Waals surface area (Å²) in [6.07, 6.45) is 2.07. The van der Waals surface area contributed by atoms with E-state index < -0.39 is 0 Å². The SMILES string of the molecule is CCCCOc1ccc(F)cc1[C@H](C)N. The van der Waals surface area contributed by atoms with Gasteiger partial charge in [-0.25, -0.2) is 4.39 Å². The Morgan fingerprint density at radius 1 is 1.47 bits per heavy atom. The Morgan fingerprint density at radius 2 is 2.20 bits per heavy atom. The van der Waals surface area contributed by atoms with Gasteiger partial charge in [0.25, 0.3) is 0 Å². The molecule has 0 aliphatic carbocycles. The van der Waals surface area contributed by atoms with E-state index in [0.717, 1.165) is 18.4 Å². The molecule has 0 bridgehead atoms. The molecule has 0 fully saturated rings. The van der Waals surface area contributed by atoms with E-state index in [4.69, 9.17) is 10.5 Å². The summed E-state index contributed by atoms with van der Waals surface area (Å²) in [5.74, 6) is 0.421. The van der Waals surface area contributed by atoms with Gasteiger partial charge in [0, 0.05) is 11.6 Å². The maximum Gasteiger partial charge on any atom is 0.124 e. The highest BCUT2D eigenvalue weighted by Crippen LogP contribution is 2.24. The van der Waals surface area contributed by atoms with Gasteiger partial charge in [0.15, 0.2) is 0 Å². The molecule has 0 aliphatic rings. The molecule has 3 heteroatoms. The second-order valence-corrected chi connectivity index (χ2v) is 3.67. The average Bonchev–Trinajstić information content (AvgIpc) is 2.20. The summed E-state index contributed by atoms with van der Waals surface area (Å²) in [5.41, 5.74) is 6.47. The van der Waals surface area contributed by atoms with Crippen LogP contribution in [-0.2, 0) is 0 Å². The minimum Gasteiger partial charge on any atom is -0.493 e. The van der Waals surface area contributed by atoms with Crippen molar-refractivity contribution < 1.29 is 9.13 Å². The number of unbranched alkanes of at least 4 members (excludes halogenated alkanes) is 1. The van der Waals surface area contributed by atoms with E-state index >= 15 is 0 Å². The van der Waals surface area contributed by atoms with Crippen LogP contribution in [0.4, 0.5) is 4.39 Å². The second-order valence-electron chi connectivity index (χ2n) is 3.67. The normalized spacial score (nSPS) is 12.5. The third kappa shape index (κ3) is 3.51. The van der Waals surface area contributed by atoms with Crippen LogP contribution in [-0.4, -0.2) is 6.61 Å². The maximum atomic E-state index is 13.0. The van der Waals surface area contributed by atoms with Crippen molar-refractivity contribution in [3.05, 3.63) is 29.6 Å². The van der Waals surface area contributed by atoms with Crippen molar-refractivity contribution in [3.63, 3.8) is 0 Å². The lowest BCUT2D eigenvalue weighted by molar-refractivity contribution is 0.304. The number of halogens is 1. The molecule has 1 rings (SSSR count). The summed E-state index contributed by atoms with van der Waals surface area (Å²) in [7, 11) is 0. The molecule has 0 saturated carbocycles. The van der Waals surface area contributed by atoms with Crippen molar-refractivity contribution in [1.29, 1.82) is 0 Å². The molecule has 0 amide bonds. The molecule has 0 aromatic heterocycles. The Kier molecular flexibility index (Phi) is 4.56. The Bertz CT molecular complexity index is 312. The van der Waals surface area contributed by atoms with Gasteiger partial charge >= 0.3 is 0 Å². The van der Waals surface area contributed by atoms with Gasteiger partial charge in [-0.05, 0) is 31.5 Å². The number of rotatable bonds is 5. The van der Waals surface area contributed by atoms with Gasteiger partial charge in [-0.1, -0.05) is 13.3 Å². The van der Waals surface area contributed by atoms with Crippen molar-refractivity contribution in [2.75, 3.05) is 6.61 Å². The highest BCUT2D eigenvalue weighted by atomic mass is 19.1. The first kappa shape index (κ1) is 12.0. The smallest absolute Gasteiger partial charge is 0.124 e. The van der Waals surface area contributed by atoms with Gasteiger partial charge in [0.05, 0.1) is 6.61 Å². The van der Waals surface area contributed by atoms with Crippen LogP contribution in [0.1, 0.15) is 38.3 Å². The van der Waals surface area contributed by atoms with E-state index in [1.165, 1.54) is 12.1 Å². The fourth-order valence-corrected chi connectivity index (χ4v) is 1.33. The Hall–Kier alpha value is -1.09. The van der Waals surface area contributed by atoms with Gasteiger partial charge in [-0.2, -0.15) is 0 Å². The van der Waals surface area contributed by atoms with E-state index in [9.17, 15) is 4.39 Å². The van der Waals surface area contributed by atoms with Crippen LogP contribution < -0.4 is 10.5 Å². The lowest BCUT2D eigenvalue weighted by Crippen LogP contribution is -2.09. The summed E-state index contributed by atoms with van der Waals surface area (Å²) in [6, 6.07) is 4.26. The van der Waals surface area contributed by atoms with Crippen LogP contribution in [0.15, 0.2) is 18.2 Å². The Balaban J connectivity index is 2.77. The minimum absolute atomic E-state index is 0.211. The fraction of sp³-hybridized carbons (Fsp3) is 0.500. The van der Waals surface area contributed by atoms with Crippen molar-refractivity contribution in [3.8, 4) is 5.75 Å². The molecule has 0 unspecified atom stereocenters. The van der Waals surface area contributed by atoms with Gasteiger partial charge in [0.2, 0.25) is 0 Å². The van der Waals surface area contributed by atoms with Crippen molar-refractivity contribution in [2.45, 2.75) is 32.7 Å². The van der Waals surface area contributed by atoms with Crippen LogP contribution in [0.2, 0.25) is 0 Å². The molecule has 0 aliphatic heterocycles. The van der Waals surface area contributed by atoms with Gasteiger partial charge in [-0.15, -0.1) is 0 Å². The Morgan fingerprint density at radius 3 is 2.80 bits per heavy atom. The van der Waals surface area contributed by atoms with E-state index in [1.54, 1.807) is 6.07 Å². The number of ether oxygens (including phenoxy) is 1. The predicted octanol–water partition coefficient (Wildman–Crippen LogP) is 3.02. The number of benzene rings is 1. The predicted molar refractivity (Wildman–Crippen MR) is 59.4 cm³/mol. The third-order valence-electron chi connectivity index (χ3n) is 2.22. The molecule has 0 saturated heterocycles. The molecule has 0 spiro atoms. The van der Waals surface area contributed by atoms with E-state index in [0.29, 0.717) is 12.4 Å². The molecular weight excluding hydrogens is 193 g/mol. The lowest BCUT2D eigenvalue weighted by atomic mass is 10.1. The summed E-state index contributed by atoms with van der Waals surface area (Å²) in [4.78, 5) is 0. The molecule has 84 valence electrons. The lowest BCUT2D eigenvalue weighted by Gasteiger charge is -2.13. The first-order chi connectivity index (χ1) is 7.15. The van der Waals surface area contributed by atoms with Crippen LogP contribution >= 0.6 is 0 Å². The highest BCUT2D eigenvalue weighted by molar-refractivity contribution is 5.36. The first-order valence-electron chi connectivity index (χ1n) is 5.33. The zero-order valence-corrected chi connectivity index (χ0v) is 9.29. The molecule has 15 heavy (non-hydrogen) atoms. The van der Waals surface area contributed by atoms with Gasteiger partial charge in [-0.3, -0.25) is 0 Å². The fourth-order valence-electron chi connectivity index (χ4n) is 1.33. The summed E-state index contributed by atoms with van der Waals surface area (Å²) in [6.45, 7) is 4.57. The third-order valence-corrected chi connectivity index (χ3v) is 2.22. The first-order valence-corrected chi connectivity index (χ1v) is 5.33. The summed E-state index contributed by atoms with van der Waals surface area (Å²) < 4.78 is 18.5. The molecule has 2 N–H and O–H groups in total. The van der Waals surface area contributed by atoms with E-state index in [1.807, 2.05) is 6.92 Å². The van der Waals surface area contributed by atoms with Gasteiger partial charge in [0.1, 0.15) is 11.6 Å². The molecule has 1 aromatic carbocycles. The Labute approximate surface area is 90.2 Å². The maximum absolute atomic E-state index is 13.0. The van der Waals surface area contributed by atoms with Crippen LogP contribution in [0, 0.1) is 5.82 Å². The summed E-state index contributed by atoms with van der Waals surface area (Å²) >= 11 is 0. The van der Waals surface area contributed by atoms with Crippen LogP contribution in [0.25, 0.3) is 0 Å². The second kappa shape index (κ2) is 5.71. The molecular formula is C12H18FNO. The number of hydrogen-bond donors (Lipinski definition) is 1. The standard InChI is InChI=1S/C12H18FNO/c1-3-4-7-15-12-6-5-10(13)8-11(12)9(2)14/h5-6,8-9H,3-4,7,14H2,1-2H3/t9-/m0/s1. The summed E-state index contributed by atoms with van der Waals surface area (Å²) in [5, 5.41) is 0. The van der Waals surface area contributed by atoms with E-state index in [-0.39, 0.29) is 11.9 Å². The van der Waals surface area contributed by atoms with Crippen molar-refractivity contribution in [2.24, 2.45) is 5.73 Å². The van der Waals surface area contributed by atoms with Crippen LogP contribution in [0.3, 0.4) is 0 Å². The molecule has 1 atom stereocenters. The largest absolute Gasteiger partial charge is 0.493 e. The molecule has 2 nitrogen and oxygen atoms in total. The minimum atomic E-state index is -0.273. The number of nitrogens with two attached hydrogens (primary N) is 1. The van der Waals surface area contributed by atoms with Crippen LogP contribution in [0.5, 0.6) is 5.75 Å². The quantitative estimate of drug-likeness (QED) is 0.760. The molecule has 0 radical (unpaired) electrons.